The normalized spacial score (nSPS) is 17.7. The first-order valence-corrected chi connectivity index (χ1v) is 12.7. The van der Waals surface area contributed by atoms with Crippen LogP contribution in [0.3, 0.4) is 0 Å². The number of carbonyl (C=O) groups is 3. The van der Waals surface area contributed by atoms with Gasteiger partial charge in [-0.05, 0) is 37.1 Å². The van der Waals surface area contributed by atoms with Crippen LogP contribution in [-0.2, 0) is 9.59 Å². The number of ketones is 2. The number of nitrogens with one attached hydrogen (secondary N) is 3. The molecule has 0 aromatic carbocycles. The van der Waals surface area contributed by atoms with E-state index in [0.717, 1.165) is 30.3 Å². The van der Waals surface area contributed by atoms with Crippen LogP contribution in [0.4, 0.5) is 21.7 Å². The molecular weight excluding hydrogens is 497 g/mol. The van der Waals surface area contributed by atoms with Crippen LogP contribution in [0, 0.1) is 5.95 Å². The Morgan fingerprint density at radius 2 is 1.95 bits per heavy atom. The fourth-order valence-corrected chi connectivity index (χ4v) is 5.07. The predicted molar refractivity (Wildman–Crippen MR) is 136 cm³/mol. The Labute approximate surface area is 213 Å². The molecule has 0 amide bonds. The lowest BCUT2D eigenvalue weighted by molar-refractivity contribution is -0.124. The Kier molecular flexibility index (Phi) is 5.87. The molecule has 1 aliphatic carbocycles. The third kappa shape index (κ3) is 4.55. The predicted octanol–water partition coefficient (Wildman–Crippen LogP) is 3.75. The number of anilines is 3. The van der Waals surface area contributed by atoms with E-state index >= 15 is 4.39 Å². The standard InChI is InChI=1S/C25H20FN7O3S/c26-22-14(4-6-18(32-22)31-13-3-5-16(27-9-13)12-1-2-12)21(35)15-10-28-23-19(15)24(30-11-29-23)33-20-17(34)7-8-37-25(20)36/h3-6,9-12,20H,1-2,7-8H2,(H,31,32)(H2,28,29,30,33). The number of aromatic amines is 1. The molecule has 1 saturated heterocycles. The molecule has 1 unspecified atom stereocenters. The number of aromatic nitrogens is 5. The van der Waals surface area contributed by atoms with Crippen LogP contribution in [0.2, 0.25) is 0 Å². The summed E-state index contributed by atoms with van der Waals surface area (Å²) in [5, 5.41) is 5.79. The van der Waals surface area contributed by atoms with Gasteiger partial charge in [-0.15, -0.1) is 0 Å². The molecule has 2 fully saturated rings. The number of hydrogen-bond donors (Lipinski definition) is 3. The van der Waals surface area contributed by atoms with Gasteiger partial charge in [0, 0.05) is 30.0 Å². The summed E-state index contributed by atoms with van der Waals surface area (Å²) in [7, 11) is 0. The molecule has 4 aromatic rings. The molecule has 1 aliphatic heterocycles. The molecule has 0 radical (unpaired) electrons. The zero-order chi connectivity index (χ0) is 25.5. The highest BCUT2D eigenvalue weighted by Crippen LogP contribution is 2.39. The number of nitrogens with zero attached hydrogens (tertiary/aromatic N) is 4. The number of H-pyrrole nitrogens is 1. The average Bonchev–Trinajstić information content (AvgIpc) is 3.65. The van der Waals surface area contributed by atoms with Crippen molar-refractivity contribution in [3.8, 4) is 0 Å². The Morgan fingerprint density at radius 1 is 1.08 bits per heavy atom. The van der Waals surface area contributed by atoms with E-state index in [1.54, 1.807) is 6.20 Å². The third-order valence-electron chi connectivity index (χ3n) is 6.29. The number of fused-ring (bicyclic) bond motifs is 1. The second kappa shape index (κ2) is 9.36. The molecule has 12 heteroatoms. The van der Waals surface area contributed by atoms with Crippen molar-refractivity contribution in [3.05, 3.63) is 65.8 Å². The van der Waals surface area contributed by atoms with Gasteiger partial charge < -0.3 is 15.6 Å². The zero-order valence-corrected chi connectivity index (χ0v) is 20.1. The number of hydrogen-bond acceptors (Lipinski definition) is 10. The van der Waals surface area contributed by atoms with Crippen molar-refractivity contribution in [2.75, 3.05) is 16.4 Å². The lowest BCUT2D eigenvalue weighted by atomic mass is 10.0. The minimum atomic E-state index is -1.08. The van der Waals surface area contributed by atoms with Gasteiger partial charge in [-0.3, -0.25) is 19.4 Å². The molecule has 3 N–H and O–H groups in total. The summed E-state index contributed by atoms with van der Waals surface area (Å²) in [6.45, 7) is 0. The lowest BCUT2D eigenvalue weighted by Gasteiger charge is -2.20. The molecule has 6 rings (SSSR count). The molecule has 186 valence electrons. The SMILES string of the molecule is O=C(c1ccc(Nc2ccc(C3CC3)nc2)nc1F)c1c[nH]c2ncnc(NC3C(=O)CCSC3=O)c12. The van der Waals surface area contributed by atoms with Crippen LogP contribution in [0.15, 0.2) is 43.0 Å². The molecule has 4 aromatic heterocycles. The first-order valence-electron chi connectivity index (χ1n) is 11.7. The van der Waals surface area contributed by atoms with Gasteiger partial charge >= 0.3 is 0 Å². The molecule has 10 nitrogen and oxygen atoms in total. The second-order valence-corrected chi connectivity index (χ2v) is 9.94. The van der Waals surface area contributed by atoms with Crippen molar-refractivity contribution in [3.63, 3.8) is 0 Å². The van der Waals surface area contributed by atoms with Crippen molar-refractivity contribution in [1.82, 2.24) is 24.9 Å². The fourth-order valence-electron chi connectivity index (χ4n) is 4.20. The van der Waals surface area contributed by atoms with Crippen molar-refractivity contribution < 1.29 is 18.8 Å². The van der Waals surface area contributed by atoms with Crippen LogP contribution in [0.5, 0.6) is 0 Å². The van der Waals surface area contributed by atoms with E-state index in [2.05, 4.69) is 35.6 Å². The van der Waals surface area contributed by atoms with Gasteiger partial charge in [0.25, 0.3) is 0 Å². The molecule has 37 heavy (non-hydrogen) atoms. The molecule has 0 spiro atoms. The largest absolute Gasteiger partial charge is 0.353 e. The molecule has 1 saturated carbocycles. The fraction of sp³-hybridized carbons (Fsp3) is 0.240. The summed E-state index contributed by atoms with van der Waals surface area (Å²) < 4.78 is 15.0. The van der Waals surface area contributed by atoms with Crippen molar-refractivity contribution in [1.29, 1.82) is 0 Å². The molecule has 2 aliphatic rings. The number of Topliss-reactive ketones (excluding diaryl/α,β-unsaturated/α-hetero) is 1. The van der Waals surface area contributed by atoms with Gasteiger partial charge in [0.15, 0.2) is 17.6 Å². The summed E-state index contributed by atoms with van der Waals surface area (Å²) in [6, 6.07) is 5.57. The van der Waals surface area contributed by atoms with E-state index in [9.17, 15) is 14.4 Å². The van der Waals surface area contributed by atoms with Gasteiger partial charge in [-0.2, -0.15) is 4.39 Å². The summed E-state index contributed by atoms with van der Waals surface area (Å²) in [5.74, 6) is -0.525. The van der Waals surface area contributed by atoms with Crippen LogP contribution in [0.1, 0.15) is 46.8 Å². The highest BCUT2D eigenvalue weighted by molar-refractivity contribution is 8.14. The van der Waals surface area contributed by atoms with Crippen LogP contribution in [-0.4, -0.2) is 53.4 Å². The topological polar surface area (TPSA) is 143 Å². The lowest BCUT2D eigenvalue weighted by Crippen LogP contribution is -2.39. The summed E-state index contributed by atoms with van der Waals surface area (Å²) in [4.78, 5) is 57.4. The van der Waals surface area contributed by atoms with E-state index in [1.807, 2.05) is 12.1 Å². The van der Waals surface area contributed by atoms with E-state index < -0.39 is 17.8 Å². The first kappa shape index (κ1) is 23.2. The van der Waals surface area contributed by atoms with E-state index in [-0.39, 0.29) is 45.5 Å². The van der Waals surface area contributed by atoms with Gasteiger partial charge in [-0.25, -0.2) is 15.0 Å². The molecule has 5 heterocycles. The minimum absolute atomic E-state index is 0.0859. The van der Waals surface area contributed by atoms with E-state index in [4.69, 9.17) is 0 Å². The van der Waals surface area contributed by atoms with Crippen LogP contribution in [0.25, 0.3) is 11.0 Å². The molecular formula is C25H20FN7O3S. The maximum Gasteiger partial charge on any atom is 0.226 e. The van der Waals surface area contributed by atoms with Gasteiger partial charge in [0.05, 0.1) is 28.4 Å². The monoisotopic (exact) mass is 517 g/mol. The first-order chi connectivity index (χ1) is 18.0. The summed E-state index contributed by atoms with van der Waals surface area (Å²) >= 11 is 1.06. The number of rotatable bonds is 7. The molecule has 0 bridgehead atoms. The molecule has 1 atom stereocenters. The van der Waals surface area contributed by atoms with E-state index in [1.165, 1.54) is 24.7 Å². The number of halogens is 1. The van der Waals surface area contributed by atoms with Gasteiger partial charge in [0.2, 0.25) is 11.1 Å². The third-order valence-corrected chi connectivity index (χ3v) is 7.22. The summed E-state index contributed by atoms with van der Waals surface area (Å²) in [5.41, 5.74) is 1.84. The Balaban J connectivity index is 1.26. The van der Waals surface area contributed by atoms with E-state index in [0.29, 0.717) is 23.0 Å². The maximum atomic E-state index is 15.0. The zero-order valence-electron chi connectivity index (χ0n) is 19.3. The number of thioether (sulfide) groups is 1. The Hall–Kier alpha value is -4.19. The van der Waals surface area contributed by atoms with Gasteiger partial charge in [-0.1, -0.05) is 11.8 Å². The maximum absolute atomic E-state index is 15.0. The van der Waals surface area contributed by atoms with Gasteiger partial charge in [0.1, 0.15) is 23.6 Å². The Morgan fingerprint density at radius 3 is 2.68 bits per heavy atom. The van der Waals surface area contributed by atoms with Crippen molar-refractivity contribution >= 4 is 56.8 Å². The quantitative estimate of drug-likeness (QED) is 0.188. The summed E-state index contributed by atoms with van der Waals surface area (Å²) in [6.07, 6.45) is 6.86. The smallest absolute Gasteiger partial charge is 0.226 e. The van der Waals surface area contributed by atoms with Crippen LogP contribution >= 0.6 is 11.8 Å². The van der Waals surface area contributed by atoms with Crippen molar-refractivity contribution in [2.45, 2.75) is 31.2 Å². The Bertz CT molecular complexity index is 1540. The second-order valence-electron chi connectivity index (χ2n) is 8.84. The number of carbonyl (C=O) groups excluding carboxylic acids is 3. The average molecular weight is 518 g/mol. The van der Waals surface area contributed by atoms with Crippen LogP contribution < -0.4 is 10.6 Å². The van der Waals surface area contributed by atoms with Crippen molar-refractivity contribution in [2.24, 2.45) is 0 Å². The highest BCUT2D eigenvalue weighted by Gasteiger charge is 2.32. The highest BCUT2D eigenvalue weighted by atomic mass is 32.2. The minimum Gasteiger partial charge on any atom is -0.353 e. The number of pyridine rings is 2.